The van der Waals surface area contributed by atoms with Crippen molar-refractivity contribution >= 4 is 29.2 Å². The zero-order valence-corrected chi connectivity index (χ0v) is 6.41. The number of alkyl halides is 2. The normalized spacial score (nSPS) is 16.0. The van der Waals surface area contributed by atoms with Gasteiger partial charge in [-0.05, 0) is 6.42 Å². The largest absolute Gasteiger partial charge is 0.466 e. The number of hydrogen-bond donors (Lipinski definition) is 0. The molecule has 1 aliphatic rings. The fourth-order valence-corrected chi connectivity index (χ4v) is 0.475. The lowest BCUT2D eigenvalue weighted by Gasteiger charge is -1.81. The molecule has 1 saturated heterocycles. The summed E-state index contributed by atoms with van der Waals surface area (Å²) in [5, 5.41) is 0.194. The number of ether oxygens (including phenoxy) is 1. The Morgan fingerprint density at radius 1 is 1.56 bits per heavy atom. The first-order chi connectivity index (χ1) is 4.31. The second-order valence-electron chi connectivity index (χ2n) is 1.43. The van der Waals surface area contributed by atoms with Crippen LogP contribution in [0.25, 0.3) is 0 Å². The molecule has 0 spiro atoms. The number of halogens is 2. The average Bonchev–Trinajstić information content (AvgIpc) is 2.20. The third-order valence-corrected chi connectivity index (χ3v) is 0.788. The molecule has 2 nitrogen and oxygen atoms in total. The van der Waals surface area contributed by atoms with E-state index in [4.69, 9.17) is 23.2 Å². The van der Waals surface area contributed by atoms with E-state index >= 15 is 0 Å². The minimum atomic E-state index is -0.0463. The van der Waals surface area contributed by atoms with Crippen molar-refractivity contribution in [2.75, 3.05) is 11.9 Å². The summed E-state index contributed by atoms with van der Waals surface area (Å²) in [7, 11) is 0. The van der Waals surface area contributed by atoms with E-state index in [-0.39, 0.29) is 11.3 Å². The van der Waals surface area contributed by atoms with Crippen LogP contribution in [-0.4, -0.2) is 17.9 Å². The fourth-order valence-electron chi connectivity index (χ4n) is 0.475. The van der Waals surface area contributed by atoms with E-state index in [9.17, 15) is 4.79 Å². The standard InChI is InChI=1S/C4H6O2.CH2Cl2/c5-4-2-1-3-6-4;2-1-3/h1-3H2;1H2. The lowest BCUT2D eigenvalue weighted by molar-refractivity contribution is -0.137. The quantitative estimate of drug-likeness (QED) is 0.410. The molecule has 0 unspecified atom stereocenters. The lowest BCUT2D eigenvalue weighted by atomic mass is 10.4. The third-order valence-electron chi connectivity index (χ3n) is 0.788. The minimum absolute atomic E-state index is 0.0463. The predicted molar refractivity (Wildman–Crippen MR) is 36.8 cm³/mol. The van der Waals surface area contributed by atoms with Crippen molar-refractivity contribution in [3.8, 4) is 0 Å². The Balaban J connectivity index is 0.000000187. The minimum Gasteiger partial charge on any atom is -0.466 e. The van der Waals surface area contributed by atoms with Crippen molar-refractivity contribution in [2.24, 2.45) is 0 Å². The van der Waals surface area contributed by atoms with Crippen LogP contribution in [0.4, 0.5) is 0 Å². The van der Waals surface area contributed by atoms with Gasteiger partial charge < -0.3 is 4.74 Å². The van der Waals surface area contributed by atoms with Gasteiger partial charge in [-0.2, -0.15) is 0 Å². The molecule has 0 atom stereocenters. The van der Waals surface area contributed by atoms with E-state index in [1.165, 1.54) is 0 Å². The zero-order chi connectivity index (χ0) is 7.11. The monoisotopic (exact) mass is 170 g/mol. The van der Waals surface area contributed by atoms with E-state index in [0.29, 0.717) is 13.0 Å². The van der Waals surface area contributed by atoms with Gasteiger partial charge in [0.05, 0.1) is 11.9 Å². The first kappa shape index (κ1) is 9.05. The molecule has 1 heterocycles. The van der Waals surface area contributed by atoms with Crippen molar-refractivity contribution < 1.29 is 9.53 Å². The van der Waals surface area contributed by atoms with Crippen molar-refractivity contribution in [3.05, 3.63) is 0 Å². The summed E-state index contributed by atoms with van der Waals surface area (Å²) in [6.45, 7) is 0.638. The van der Waals surface area contributed by atoms with Gasteiger partial charge in [0.25, 0.3) is 0 Å². The van der Waals surface area contributed by atoms with Crippen LogP contribution in [0.2, 0.25) is 0 Å². The van der Waals surface area contributed by atoms with Crippen molar-refractivity contribution in [3.63, 3.8) is 0 Å². The maximum absolute atomic E-state index is 10.0. The van der Waals surface area contributed by atoms with Gasteiger partial charge >= 0.3 is 5.97 Å². The molecule has 54 valence electrons. The predicted octanol–water partition coefficient (Wildman–Crippen LogP) is 1.74. The first-order valence-electron chi connectivity index (χ1n) is 2.58. The van der Waals surface area contributed by atoms with E-state index in [1.54, 1.807) is 0 Å². The molecule has 0 bridgehead atoms. The second kappa shape index (κ2) is 6.17. The molecular formula is C5H8Cl2O2. The topological polar surface area (TPSA) is 26.3 Å². The number of hydrogen-bond acceptors (Lipinski definition) is 2. The van der Waals surface area contributed by atoms with E-state index in [1.807, 2.05) is 0 Å². The van der Waals surface area contributed by atoms with Crippen molar-refractivity contribution in [2.45, 2.75) is 12.8 Å². The van der Waals surface area contributed by atoms with Crippen LogP contribution >= 0.6 is 23.2 Å². The highest BCUT2D eigenvalue weighted by Crippen LogP contribution is 2.01. The average molecular weight is 171 g/mol. The summed E-state index contributed by atoms with van der Waals surface area (Å²) in [6.07, 6.45) is 1.54. The number of rotatable bonds is 0. The molecule has 0 aromatic heterocycles. The Hall–Kier alpha value is 0.0500. The number of carbonyl (C=O) groups is 1. The molecule has 9 heavy (non-hydrogen) atoms. The van der Waals surface area contributed by atoms with Crippen LogP contribution in [0.5, 0.6) is 0 Å². The molecule has 0 saturated carbocycles. The Bertz CT molecular complexity index is 77.0. The highest BCUT2D eigenvalue weighted by atomic mass is 35.5. The Morgan fingerprint density at radius 2 is 2.11 bits per heavy atom. The van der Waals surface area contributed by atoms with Gasteiger partial charge in [-0.15, -0.1) is 23.2 Å². The van der Waals surface area contributed by atoms with Crippen molar-refractivity contribution in [1.29, 1.82) is 0 Å². The smallest absolute Gasteiger partial charge is 0.305 e. The van der Waals surface area contributed by atoms with Crippen LogP contribution < -0.4 is 0 Å². The summed E-state index contributed by atoms with van der Waals surface area (Å²) >= 11 is 9.53. The van der Waals surface area contributed by atoms with E-state index in [0.717, 1.165) is 6.42 Å². The molecule has 1 rings (SSSR count). The van der Waals surface area contributed by atoms with Crippen LogP contribution in [0.15, 0.2) is 0 Å². The van der Waals surface area contributed by atoms with Gasteiger partial charge in [0, 0.05) is 6.42 Å². The summed E-state index contributed by atoms with van der Waals surface area (Å²) in [4.78, 5) is 10.0. The highest BCUT2D eigenvalue weighted by Gasteiger charge is 2.08. The number of esters is 1. The van der Waals surface area contributed by atoms with Gasteiger partial charge in [-0.3, -0.25) is 4.79 Å². The number of cyclic esters (lactones) is 1. The van der Waals surface area contributed by atoms with E-state index < -0.39 is 0 Å². The van der Waals surface area contributed by atoms with Crippen LogP contribution in [0.1, 0.15) is 12.8 Å². The summed E-state index contributed by atoms with van der Waals surface area (Å²) in [5.74, 6) is -0.0463. The van der Waals surface area contributed by atoms with Gasteiger partial charge in [-0.25, -0.2) is 0 Å². The van der Waals surface area contributed by atoms with Crippen LogP contribution in [0, 0.1) is 0 Å². The van der Waals surface area contributed by atoms with E-state index in [2.05, 4.69) is 4.74 Å². The molecule has 0 amide bonds. The Labute approximate surface area is 64.1 Å². The fraction of sp³-hybridized carbons (Fsp3) is 0.800. The Kier molecular flexibility index (Phi) is 6.21. The van der Waals surface area contributed by atoms with Crippen LogP contribution in [0.3, 0.4) is 0 Å². The molecular weight excluding hydrogens is 163 g/mol. The molecule has 0 aromatic carbocycles. The molecule has 1 fully saturated rings. The zero-order valence-electron chi connectivity index (χ0n) is 4.90. The van der Waals surface area contributed by atoms with Crippen LogP contribution in [-0.2, 0) is 9.53 Å². The van der Waals surface area contributed by atoms with Crippen molar-refractivity contribution in [1.82, 2.24) is 0 Å². The summed E-state index contributed by atoms with van der Waals surface area (Å²) < 4.78 is 4.51. The summed E-state index contributed by atoms with van der Waals surface area (Å²) in [6, 6.07) is 0. The van der Waals surface area contributed by atoms with Gasteiger partial charge in [0.15, 0.2) is 0 Å². The Morgan fingerprint density at radius 3 is 2.22 bits per heavy atom. The SMILES string of the molecule is ClCCl.O=C1CCCO1. The third kappa shape index (κ3) is 5.93. The second-order valence-corrected chi connectivity index (χ2v) is 2.23. The lowest BCUT2D eigenvalue weighted by Crippen LogP contribution is -1.88. The van der Waals surface area contributed by atoms with Gasteiger partial charge in [0.2, 0.25) is 0 Å². The van der Waals surface area contributed by atoms with Gasteiger partial charge in [-0.1, -0.05) is 0 Å². The molecule has 4 heteroatoms. The maximum Gasteiger partial charge on any atom is 0.305 e. The molecule has 0 radical (unpaired) electrons. The first-order valence-corrected chi connectivity index (χ1v) is 3.65. The summed E-state index contributed by atoms with van der Waals surface area (Å²) in [5.41, 5.74) is 0. The van der Waals surface area contributed by atoms with Gasteiger partial charge in [0.1, 0.15) is 0 Å². The maximum atomic E-state index is 10.0. The number of carbonyl (C=O) groups excluding carboxylic acids is 1. The molecule has 0 N–H and O–H groups in total. The molecule has 1 aliphatic heterocycles. The highest BCUT2D eigenvalue weighted by molar-refractivity contribution is 6.40. The molecule has 0 aromatic rings. The molecule has 0 aliphatic carbocycles.